The first-order chi connectivity index (χ1) is 6.68. The number of ether oxygens (including phenoxy) is 2. The monoisotopic (exact) mass is 196 g/mol. The molecule has 2 aliphatic heterocycles. The fourth-order valence-electron chi connectivity index (χ4n) is 2.76. The van der Waals surface area contributed by atoms with E-state index in [4.69, 9.17) is 4.74 Å². The molecule has 3 fully saturated rings. The van der Waals surface area contributed by atoms with Crippen LogP contribution in [-0.2, 0) is 23.9 Å². The number of hydrogen-bond donors (Lipinski definition) is 0. The fourth-order valence-corrected chi connectivity index (χ4v) is 2.76. The average molecular weight is 196 g/mol. The minimum Gasteiger partial charge on any atom is -0.465 e. The van der Waals surface area contributed by atoms with Crippen LogP contribution in [0.15, 0.2) is 0 Å². The van der Waals surface area contributed by atoms with E-state index < -0.39 is 29.7 Å². The summed E-state index contributed by atoms with van der Waals surface area (Å²) >= 11 is 0. The summed E-state index contributed by atoms with van der Waals surface area (Å²) in [5, 5.41) is 0. The van der Waals surface area contributed by atoms with E-state index in [1.165, 1.54) is 0 Å². The zero-order valence-electron chi connectivity index (χ0n) is 7.26. The van der Waals surface area contributed by atoms with Crippen molar-refractivity contribution < 1.29 is 23.9 Å². The van der Waals surface area contributed by atoms with Gasteiger partial charge in [0, 0.05) is 5.92 Å². The Bertz CT molecular complexity index is 347. The van der Waals surface area contributed by atoms with E-state index in [0.29, 0.717) is 13.0 Å². The van der Waals surface area contributed by atoms with E-state index in [9.17, 15) is 14.4 Å². The SMILES string of the molecule is O=C1OC(=O)C2C1CC1COC(=O)C12. The van der Waals surface area contributed by atoms with Gasteiger partial charge in [-0.25, -0.2) is 0 Å². The summed E-state index contributed by atoms with van der Waals surface area (Å²) < 4.78 is 9.35. The molecule has 4 atom stereocenters. The quantitative estimate of drug-likeness (QED) is 0.385. The molecule has 4 unspecified atom stereocenters. The summed E-state index contributed by atoms with van der Waals surface area (Å²) in [6.45, 7) is 0.344. The zero-order chi connectivity index (χ0) is 9.87. The number of cyclic esters (lactones) is 3. The first kappa shape index (κ1) is 7.96. The molecule has 1 aliphatic carbocycles. The van der Waals surface area contributed by atoms with Gasteiger partial charge >= 0.3 is 17.9 Å². The van der Waals surface area contributed by atoms with E-state index in [1.54, 1.807) is 0 Å². The highest BCUT2D eigenvalue weighted by molar-refractivity contribution is 6.00. The summed E-state index contributed by atoms with van der Waals surface area (Å²) in [5.41, 5.74) is 0. The molecule has 0 spiro atoms. The Hall–Kier alpha value is -1.39. The maximum atomic E-state index is 11.3. The molecule has 2 heterocycles. The Balaban J connectivity index is 1.99. The maximum Gasteiger partial charge on any atom is 0.318 e. The van der Waals surface area contributed by atoms with Gasteiger partial charge in [-0.15, -0.1) is 0 Å². The van der Waals surface area contributed by atoms with Crippen LogP contribution in [0.1, 0.15) is 6.42 Å². The van der Waals surface area contributed by atoms with Crippen molar-refractivity contribution in [1.82, 2.24) is 0 Å². The maximum absolute atomic E-state index is 11.3. The molecular formula is C9H8O5. The summed E-state index contributed by atoms with van der Waals surface area (Å²) in [5.74, 6) is -2.73. The lowest BCUT2D eigenvalue weighted by Gasteiger charge is -2.07. The Morgan fingerprint density at radius 1 is 1.00 bits per heavy atom. The van der Waals surface area contributed by atoms with Crippen molar-refractivity contribution in [2.75, 3.05) is 6.61 Å². The predicted molar refractivity (Wildman–Crippen MR) is 40.6 cm³/mol. The highest BCUT2D eigenvalue weighted by atomic mass is 16.6. The number of carbonyl (C=O) groups is 3. The van der Waals surface area contributed by atoms with E-state index in [-0.39, 0.29) is 11.9 Å². The Morgan fingerprint density at radius 3 is 2.57 bits per heavy atom. The van der Waals surface area contributed by atoms with Crippen molar-refractivity contribution in [3.05, 3.63) is 0 Å². The van der Waals surface area contributed by atoms with Crippen LogP contribution in [-0.4, -0.2) is 24.5 Å². The van der Waals surface area contributed by atoms with Gasteiger partial charge in [0.2, 0.25) is 0 Å². The van der Waals surface area contributed by atoms with Gasteiger partial charge in [-0.05, 0) is 6.42 Å². The van der Waals surface area contributed by atoms with Crippen LogP contribution in [0.4, 0.5) is 0 Å². The topological polar surface area (TPSA) is 69.7 Å². The molecule has 0 bridgehead atoms. The minimum absolute atomic E-state index is 0.0364. The summed E-state index contributed by atoms with van der Waals surface area (Å²) in [6, 6.07) is 0. The highest BCUT2D eigenvalue weighted by Gasteiger charge is 2.61. The third-order valence-corrected chi connectivity index (χ3v) is 3.37. The van der Waals surface area contributed by atoms with Crippen LogP contribution in [0, 0.1) is 23.7 Å². The van der Waals surface area contributed by atoms with E-state index in [1.807, 2.05) is 0 Å². The molecular weight excluding hydrogens is 188 g/mol. The smallest absolute Gasteiger partial charge is 0.318 e. The van der Waals surface area contributed by atoms with Crippen molar-refractivity contribution in [1.29, 1.82) is 0 Å². The molecule has 0 amide bonds. The molecule has 0 aromatic heterocycles. The lowest BCUT2D eigenvalue weighted by atomic mass is 9.90. The van der Waals surface area contributed by atoms with Crippen LogP contribution in [0.2, 0.25) is 0 Å². The van der Waals surface area contributed by atoms with Crippen molar-refractivity contribution >= 4 is 17.9 Å². The van der Waals surface area contributed by atoms with Gasteiger partial charge in [0.15, 0.2) is 0 Å². The molecule has 1 saturated carbocycles. The molecule has 3 rings (SSSR count). The van der Waals surface area contributed by atoms with Crippen molar-refractivity contribution in [2.24, 2.45) is 23.7 Å². The standard InChI is InChI=1S/C9H8O5/c10-7-4-1-3-2-13-8(11)5(3)6(4)9(12)14-7/h3-6H,1-2H2. The number of hydrogen-bond acceptors (Lipinski definition) is 5. The molecule has 0 aromatic rings. The largest absolute Gasteiger partial charge is 0.465 e. The number of esters is 3. The van der Waals surface area contributed by atoms with Gasteiger partial charge in [0.05, 0.1) is 24.4 Å². The molecule has 2 saturated heterocycles. The van der Waals surface area contributed by atoms with Gasteiger partial charge in [-0.3, -0.25) is 14.4 Å². The van der Waals surface area contributed by atoms with Crippen LogP contribution in [0.3, 0.4) is 0 Å². The van der Waals surface area contributed by atoms with Crippen LogP contribution < -0.4 is 0 Å². The first-order valence-corrected chi connectivity index (χ1v) is 4.60. The predicted octanol–water partition coefficient (Wildman–Crippen LogP) is -0.505. The molecule has 0 radical (unpaired) electrons. The Kier molecular flexibility index (Phi) is 1.33. The molecule has 74 valence electrons. The molecule has 5 heteroatoms. The van der Waals surface area contributed by atoms with E-state index in [0.717, 1.165) is 0 Å². The van der Waals surface area contributed by atoms with Gasteiger partial charge in [-0.1, -0.05) is 0 Å². The van der Waals surface area contributed by atoms with Gasteiger partial charge < -0.3 is 9.47 Å². The van der Waals surface area contributed by atoms with E-state index >= 15 is 0 Å². The Morgan fingerprint density at radius 2 is 1.79 bits per heavy atom. The van der Waals surface area contributed by atoms with E-state index in [2.05, 4.69) is 4.74 Å². The molecule has 0 aromatic carbocycles. The normalized spacial score (nSPS) is 44.7. The van der Waals surface area contributed by atoms with Gasteiger partial charge in [0.1, 0.15) is 0 Å². The highest BCUT2D eigenvalue weighted by Crippen LogP contribution is 2.49. The van der Waals surface area contributed by atoms with Gasteiger partial charge in [-0.2, -0.15) is 0 Å². The minimum atomic E-state index is -0.567. The lowest BCUT2D eigenvalue weighted by Crippen LogP contribution is -2.24. The molecule has 3 aliphatic rings. The summed E-state index contributed by atoms with van der Waals surface area (Å²) in [4.78, 5) is 33.8. The summed E-state index contributed by atoms with van der Waals surface area (Å²) in [6.07, 6.45) is 0.547. The summed E-state index contributed by atoms with van der Waals surface area (Å²) in [7, 11) is 0. The second-order valence-corrected chi connectivity index (χ2v) is 4.02. The first-order valence-electron chi connectivity index (χ1n) is 4.60. The molecule has 5 nitrogen and oxygen atoms in total. The second kappa shape index (κ2) is 2.34. The lowest BCUT2D eigenvalue weighted by molar-refractivity contribution is -0.156. The zero-order valence-corrected chi connectivity index (χ0v) is 7.26. The van der Waals surface area contributed by atoms with Crippen molar-refractivity contribution in [2.45, 2.75) is 6.42 Å². The average Bonchev–Trinajstić information content (AvgIpc) is 2.71. The fraction of sp³-hybridized carbons (Fsp3) is 0.667. The third-order valence-electron chi connectivity index (χ3n) is 3.37. The Labute approximate surface area is 79.4 Å². The second-order valence-electron chi connectivity index (χ2n) is 4.02. The van der Waals surface area contributed by atoms with Crippen molar-refractivity contribution in [3.63, 3.8) is 0 Å². The number of fused-ring (bicyclic) bond motifs is 3. The molecule has 0 N–H and O–H groups in total. The van der Waals surface area contributed by atoms with Gasteiger partial charge in [0.25, 0.3) is 0 Å². The van der Waals surface area contributed by atoms with Crippen LogP contribution in [0.25, 0.3) is 0 Å². The number of carbonyl (C=O) groups excluding carboxylic acids is 3. The molecule has 14 heavy (non-hydrogen) atoms. The number of rotatable bonds is 0. The van der Waals surface area contributed by atoms with Crippen molar-refractivity contribution in [3.8, 4) is 0 Å². The third kappa shape index (κ3) is 0.773. The van der Waals surface area contributed by atoms with Crippen LogP contribution >= 0.6 is 0 Å². The van der Waals surface area contributed by atoms with Crippen LogP contribution in [0.5, 0.6) is 0 Å².